The van der Waals surface area contributed by atoms with Gasteiger partial charge in [-0.3, -0.25) is 24.6 Å². The van der Waals surface area contributed by atoms with Crippen LogP contribution in [0.4, 0.5) is 5.69 Å². The van der Waals surface area contributed by atoms with Crippen molar-refractivity contribution in [2.24, 2.45) is 0 Å². The van der Waals surface area contributed by atoms with Crippen molar-refractivity contribution in [1.82, 2.24) is 15.1 Å². The lowest BCUT2D eigenvalue weighted by Gasteiger charge is -2.34. The number of carbonyl (C=O) groups excluding carboxylic acids is 2. The molecule has 1 aromatic heterocycles. The third kappa shape index (κ3) is 5.44. The summed E-state index contributed by atoms with van der Waals surface area (Å²) in [6.07, 6.45) is 0. The molecule has 2 aromatic carbocycles. The zero-order valence-electron chi connectivity index (χ0n) is 17.4. The number of nitro benzene ring substituents is 1. The third-order valence-electron chi connectivity index (χ3n) is 5.45. The van der Waals surface area contributed by atoms with E-state index in [9.17, 15) is 19.7 Å². The fourth-order valence-corrected chi connectivity index (χ4v) is 5.26. The predicted octanol–water partition coefficient (Wildman–Crippen LogP) is 4.19. The summed E-state index contributed by atoms with van der Waals surface area (Å²) >= 11 is 13.4. The summed E-state index contributed by atoms with van der Waals surface area (Å²) in [5.74, 6) is -0.283. The van der Waals surface area contributed by atoms with E-state index in [-0.39, 0.29) is 24.0 Å². The second-order valence-electron chi connectivity index (χ2n) is 7.65. The summed E-state index contributed by atoms with van der Waals surface area (Å²) in [4.78, 5) is 39.9. The number of amides is 2. The van der Waals surface area contributed by atoms with Crippen LogP contribution in [-0.4, -0.2) is 59.3 Å². The standard InChI is InChI=1S/C22H20Cl2N4O4S/c23-15-3-1-14(2-4-15)12-25-19(29)13-26-7-9-27(10-8-26)22(30)21-20(24)17-6-5-16(28(31)32)11-18(17)33-21/h1-6,11H,7-10,12-13H2,(H,25,29). The first-order valence-electron chi connectivity index (χ1n) is 10.2. The van der Waals surface area contributed by atoms with Crippen LogP contribution in [0.25, 0.3) is 10.1 Å². The highest BCUT2D eigenvalue weighted by atomic mass is 35.5. The van der Waals surface area contributed by atoms with Crippen LogP contribution < -0.4 is 5.32 Å². The van der Waals surface area contributed by atoms with Crippen molar-refractivity contribution in [1.29, 1.82) is 0 Å². The maximum absolute atomic E-state index is 13.0. The molecular weight excluding hydrogens is 487 g/mol. The zero-order valence-corrected chi connectivity index (χ0v) is 19.8. The molecule has 2 heterocycles. The zero-order chi connectivity index (χ0) is 23.5. The van der Waals surface area contributed by atoms with Crippen LogP contribution in [0.1, 0.15) is 15.2 Å². The monoisotopic (exact) mass is 506 g/mol. The number of benzene rings is 2. The molecule has 0 aliphatic carbocycles. The van der Waals surface area contributed by atoms with Crippen molar-refractivity contribution in [2.45, 2.75) is 6.54 Å². The van der Waals surface area contributed by atoms with E-state index < -0.39 is 4.92 Å². The molecule has 0 spiro atoms. The van der Waals surface area contributed by atoms with E-state index in [2.05, 4.69) is 5.32 Å². The number of hydrogen-bond acceptors (Lipinski definition) is 6. The van der Waals surface area contributed by atoms with Gasteiger partial charge in [-0.25, -0.2) is 0 Å². The summed E-state index contributed by atoms with van der Waals surface area (Å²) in [5, 5.41) is 15.5. The third-order valence-corrected chi connectivity index (χ3v) is 7.34. The van der Waals surface area contributed by atoms with Crippen molar-refractivity contribution in [3.63, 3.8) is 0 Å². The van der Waals surface area contributed by atoms with Crippen molar-refractivity contribution in [3.8, 4) is 0 Å². The van der Waals surface area contributed by atoms with Gasteiger partial charge in [0, 0.05) is 60.0 Å². The van der Waals surface area contributed by atoms with Crippen molar-refractivity contribution in [2.75, 3.05) is 32.7 Å². The minimum Gasteiger partial charge on any atom is -0.351 e. The van der Waals surface area contributed by atoms with E-state index in [1.54, 1.807) is 23.1 Å². The molecule has 0 saturated carbocycles. The summed E-state index contributed by atoms with van der Waals surface area (Å²) in [6, 6.07) is 11.7. The number of fused-ring (bicyclic) bond motifs is 1. The smallest absolute Gasteiger partial charge is 0.270 e. The molecule has 8 nitrogen and oxygen atoms in total. The molecule has 11 heteroatoms. The highest BCUT2D eigenvalue weighted by Crippen LogP contribution is 2.38. The van der Waals surface area contributed by atoms with Gasteiger partial charge in [0.25, 0.3) is 11.6 Å². The molecular formula is C22H20Cl2N4O4S. The molecule has 1 aliphatic heterocycles. The number of carbonyl (C=O) groups is 2. The Kier molecular flexibility index (Phi) is 7.14. The number of hydrogen-bond donors (Lipinski definition) is 1. The molecule has 33 heavy (non-hydrogen) atoms. The molecule has 0 radical (unpaired) electrons. The highest BCUT2D eigenvalue weighted by Gasteiger charge is 2.27. The van der Waals surface area contributed by atoms with Gasteiger partial charge < -0.3 is 10.2 Å². The van der Waals surface area contributed by atoms with Crippen LogP contribution in [0.2, 0.25) is 10.0 Å². The lowest BCUT2D eigenvalue weighted by atomic mass is 10.2. The molecule has 1 N–H and O–H groups in total. The molecule has 1 aliphatic rings. The van der Waals surface area contributed by atoms with Crippen LogP contribution in [0.5, 0.6) is 0 Å². The Morgan fingerprint density at radius 3 is 2.42 bits per heavy atom. The fourth-order valence-electron chi connectivity index (χ4n) is 3.62. The topological polar surface area (TPSA) is 95.8 Å². The van der Waals surface area contributed by atoms with Crippen LogP contribution in [0, 0.1) is 10.1 Å². The van der Waals surface area contributed by atoms with Gasteiger partial charge in [-0.1, -0.05) is 35.3 Å². The van der Waals surface area contributed by atoms with Gasteiger partial charge in [0.05, 0.1) is 16.5 Å². The number of nitrogens with zero attached hydrogens (tertiary/aromatic N) is 3. The Labute approximate surface area is 203 Å². The van der Waals surface area contributed by atoms with Gasteiger partial charge in [-0.2, -0.15) is 0 Å². The van der Waals surface area contributed by atoms with E-state index in [1.165, 1.54) is 12.1 Å². The molecule has 1 saturated heterocycles. The minimum absolute atomic E-state index is 0.0395. The Bertz CT molecular complexity index is 1210. The normalized spacial score (nSPS) is 14.4. The Hall–Kier alpha value is -2.72. The lowest BCUT2D eigenvalue weighted by Crippen LogP contribution is -2.51. The van der Waals surface area contributed by atoms with Gasteiger partial charge in [0.2, 0.25) is 5.91 Å². The van der Waals surface area contributed by atoms with E-state index in [0.29, 0.717) is 57.7 Å². The summed E-state index contributed by atoms with van der Waals surface area (Å²) < 4.78 is 0.605. The Morgan fingerprint density at radius 2 is 1.76 bits per heavy atom. The SMILES string of the molecule is O=C(CN1CCN(C(=O)c2sc3cc([N+](=O)[O-])ccc3c2Cl)CC1)NCc1ccc(Cl)cc1. The number of rotatable bonds is 6. The molecule has 4 rings (SSSR count). The van der Waals surface area contributed by atoms with E-state index in [4.69, 9.17) is 23.2 Å². The molecule has 2 amide bonds. The second-order valence-corrected chi connectivity index (χ2v) is 9.52. The first kappa shape index (κ1) is 23.4. The first-order valence-corrected chi connectivity index (χ1v) is 11.8. The Balaban J connectivity index is 1.31. The Morgan fingerprint density at radius 1 is 1.06 bits per heavy atom. The number of nitrogens with one attached hydrogen (secondary N) is 1. The predicted molar refractivity (Wildman–Crippen MR) is 129 cm³/mol. The van der Waals surface area contributed by atoms with Crippen molar-refractivity contribution < 1.29 is 14.5 Å². The van der Waals surface area contributed by atoms with Crippen LogP contribution in [0.3, 0.4) is 0 Å². The largest absolute Gasteiger partial charge is 0.351 e. The first-order chi connectivity index (χ1) is 15.8. The maximum Gasteiger partial charge on any atom is 0.270 e. The number of thiophene rings is 1. The van der Waals surface area contributed by atoms with Gasteiger partial charge in [0.15, 0.2) is 0 Å². The molecule has 3 aromatic rings. The quantitative estimate of drug-likeness (QED) is 0.399. The average molecular weight is 507 g/mol. The number of halogens is 2. The molecule has 0 atom stereocenters. The van der Waals surface area contributed by atoms with E-state index in [0.717, 1.165) is 16.9 Å². The number of nitro groups is 1. The fraction of sp³-hybridized carbons (Fsp3) is 0.273. The highest BCUT2D eigenvalue weighted by molar-refractivity contribution is 7.21. The summed E-state index contributed by atoms with van der Waals surface area (Å²) in [6.45, 7) is 2.74. The van der Waals surface area contributed by atoms with Gasteiger partial charge in [0.1, 0.15) is 4.88 Å². The molecule has 0 unspecified atom stereocenters. The number of non-ortho nitro benzene ring substituents is 1. The maximum atomic E-state index is 13.0. The number of piperazine rings is 1. The molecule has 172 valence electrons. The second kappa shape index (κ2) is 10.0. The van der Waals surface area contributed by atoms with Crippen molar-refractivity contribution in [3.05, 3.63) is 73.1 Å². The average Bonchev–Trinajstić information content (AvgIpc) is 3.14. The summed E-state index contributed by atoms with van der Waals surface area (Å²) in [7, 11) is 0. The lowest BCUT2D eigenvalue weighted by molar-refractivity contribution is -0.384. The minimum atomic E-state index is -0.473. The van der Waals surface area contributed by atoms with Crippen LogP contribution in [0.15, 0.2) is 42.5 Å². The van der Waals surface area contributed by atoms with E-state index >= 15 is 0 Å². The van der Waals surface area contributed by atoms with Gasteiger partial charge in [-0.15, -0.1) is 11.3 Å². The van der Waals surface area contributed by atoms with Crippen molar-refractivity contribution >= 4 is 62.1 Å². The van der Waals surface area contributed by atoms with Crippen LogP contribution in [-0.2, 0) is 11.3 Å². The van der Waals surface area contributed by atoms with Gasteiger partial charge in [-0.05, 0) is 23.8 Å². The molecule has 1 fully saturated rings. The molecule has 0 bridgehead atoms. The van der Waals surface area contributed by atoms with Crippen LogP contribution >= 0.6 is 34.5 Å². The van der Waals surface area contributed by atoms with E-state index in [1.807, 2.05) is 17.0 Å². The summed E-state index contributed by atoms with van der Waals surface area (Å²) in [5.41, 5.74) is 0.927. The van der Waals surface area contributed by atoms with Gasteiger partial charge >= 0.3 is 0 Å².